The molecular weight excluding hydrogens is 402 g/mol. The zero-order valence-corrected chi connectivity index (χ0v) is 16.2. The van der Waals surface area contributed by atoms with Gasteiger partial charge in [0.25, 0.3) is 5.91 Å². The fourth-order valence-corrected chi connectivity index (χ4v) is 5.10. The minimum Gasteiger partial charge on any atom is -0.462 e. The number of rotatable bonds is 4. The van der Waals surface area contributed by atoms with Crippen molar-refractivity contribution in [3.8, 4) is 0 Å². The first-order valence-electron chi connectivity index (χ1n) is 8.79. The van der Waals surface area contributed by atoms with Crippen LogP contribution in [0.5, 0.6) is 0 Å². The summed E-state index contributed by atoms with van der Waals surface area (Å²) in [5, 5.41) is 2.77. The average Bonchev–Trinajstić information content (AvgIpc) is 3.22. The number of hydrogen-bond acceptors (Lipinski definition) is 5. The van der Waals surface area contributed by atoms with Crippen molar-refractivity contribution in [2.45, 2.75) is 32.8 Å². The van der Waals surface area contributed by atoms with Crippen LogP contribution in [0, 0.1) is 37.5 Å². The Bertz CT molecular complexity index is 805. The highest BCUT2D eigenvalue weighted by atomic mass is 79.9. The van der Waals surface area contributed by atoms with E-state index in [0.717, 1.165) is 28.4 Å². The fourth-order valence-electron chi connectivity index (χ4n) is 4.67. The van der Waals surface area contributed by atoms with Gasteiger partial charge in [-0.1, -0.05) is 15.9 Å². The Morgan fingerprint density at radius 2 is 2.04 bits per heavy atom. The molecule has 1 amide bonds. The number of amides is 1. The molecular formula is C19H20BrNO5. The highest BCUT2D eigenvalue weighted by Gasteiger charge is 2.64. The number of carbonyl (C=O) groups is 3. The molecule has 1 heterocycles. The van der Waals surface area contributed by atoms with Gasteiger partial charge in [0.2, 0.25) is 0 Å². The molecule has 0 aromatic heterocycles. The molecule has 3 fully saturated rings. The molecule has 1 N–H and O–H groups in total. The van der Waals surface area contributed by atoms with Gasteiger partial charge in [-0.25, -0.2) is 0 Å². The lowest BCUT2D eigenvalue weighted by molar-refractivity contribution is -0.157. The van der Waals surface area contributed by atoms with E-state index in [1.165, 1.54) is 0 Å². The zero-order valence-electron chi connectivity index (χ0n) is 14.6. The number of fused-ring (bicyclic) bond motifs is 1. The minimum atomic E-state index is -0.462. The Morgan fingerprint density at radius 1 is 1.27 bits per heavy atom. The maximum atomic E-state index is 12.5. The van der Waals surface area contributed by atoms with Crippen LogP contribution < -0.4 is 5.32 Å². The van der Waals surface area contributed by atoms with Crippen LogP contribution >= 0.6 is 15.9 Å². The lowest BCUT2D eigenvalue weighted by Gasteiger charge is -2.22. The summed E-state index contributed by atoms with van der Waals surface area (Å²) in [7, 11) is 0. The van der Waals surface area contributed by atoms with E-state index < -0.39 is 17.8 Å². The van der Waals surface area contributed by atoms with E-state index in [9.17, 15) is 14.4 Å². The number of hydrogen-bond donors (Lipinski definition) is 1. The highest BCUT2D eigenvalue weighted by Crippen LogP contribution is 2.57. The molecule has 0 unspecified atom stereocenters. The number of nitrogens with one attached hydrogen (secondary N) is 1. The Labute approximate surface area is 159 Å². The zero-order chi connectivity index (χ0) is 18.6. The maximum absolute atomic E-state index is 12.5. The predicted molar refractivity (Wildman–Crippen MR) is 96.3 cm³/mol. The van der Waals surface area contributed by atoms with E-state index in [1.807, 2.05) is 19.9 Å². The number of carbonyl (C=O) groups excluding carboxylic acids is 3. The lowest BCUT2D eigenvalue weighted by Crippen LogP contribution is -2.35. The molecule has 2 aliphatic carbocycles. The van der Waals surface area contributed by atoms with Gasteiger partial charge in [0.1, 0.15) is 6.10 Å². The summed E-state index contributed by atoms with van der Waals surface area (Å²) >= 11 is 3.45. The Kier molecular flexibility index (Phi) is 4.29. The quantitative estimate of drug-likeness (QED) is 0.755. The number of ether oxygens (including phenoxy) is 2. The summed E-state index contributed by atoms with van der Waals surface area (Å²) in [6.45, 7) is 3.52. The van der Waals surface area contributed by atoms with Crippen molar-refractivity contribution in [3.05, 3.63) is 27.7 Å². The van der Waals surface area contributed by atoms with Gasteiger partial charge in [-0.3, -0.25) is 14.4 Å². The molecule has 1 aromatic rings. The molecule has 7 heteroatoms. The van der Waals surface area contributed by atoms with Crippen LogP contribution in [-0.4, -0.2) is 30.6 Å². The van der Waals surface area contributed by atoms with Gasteiger partial charge in [0.05, 0.1) is 11.8 Å². The third-order valence-electron chi connectivity index (χ3n) is 6.10. The van der Waals surface area contributed by atoms with Gasteiger partial charge >= 0.3 is 11.9 Å². The fraction of sp³-hybridized carbons (Fsp3) is 0.526. The second kappa shape index (κ2) is 6.37. The van der Waals surface area contributed by atoms with Crippen LogP contribution in [0.4, 0.5) is 5.69 Å². The Hall–Kier alpha value is -1.89. The third-order valence-corrected chi connectivity index (χ3v) is 6.96. The monoisotopic (exact) mass is 421 g/mol. The molecule has 26 heavy (non-hydrogen) atoms. The number of anilines is 1. The first-order chi connectivity index (χ1) is 12.4. The molecule has 1 aliphatic heterocycles. The van der Waals surface area contributed by atoms with Gasteiger partial charge < -0.3 is 14.8 Å². The second-order valence-corrected chi connectivity index (χ2v) is 8.28. The van der Waals surface area contributed by atoms with Crippen LogP contribution in [0.2, 0.25) is 0 Å². The van der Waals surface area contributed by atoms with Crippen molar-refractivity contribution >= 4 is 39.5 Å². The Morgan fingerprint density at radius 3 is 2.81 bits per heavy atom. The molecule has 0 radical (unpaired) electrons. The first-order valence-corrected chi connectivity index (χ1v) is 9.58. The number of benzene rings is 1. The molecule has 138 valence electrons. The van der Waals surface area contributed by atoms with Crippen LogP contribution in [-0.2, 0) is 23.9 Å². The second-order valence-electron chi connectivity index (χ2n) is 7.42. The van der Waals surface area contributed by atoms with E-state index in [1.54, 1.807) is 6.07 Å². The summed E-state index contributed by atoms with van der Waals surface area (Å²) in [6.07, 6.45) is 1.55. The van der Waals surface area contributed by atoms with Crippen molar-refractivity contribution in [1.29, 1.82) is 0 Å². The van der Waals surface area contributed by atoms with Crippen LogP contribution in [0.15, 0.2) is 16.6 Å². The van der Waals surface area contributed by atoms with Crippen molar-refractivity contribution in [3.63, 3.8) is 0 Å². The van der Waals surface area contributed by atoms with Crippen molar-refractivity contribution in [2.24, 2.45) is 23.7 Å². The van der Waals surface area contributed by atoms with Crippen LogP contribution in [0.3, 0.4) is 0 Å². The maximum Gasteiger partial charge on any atom is 0.310 e. The summed E-state index contributed by atoms with van der Waals surface area (Å²) in [5.41, 5.74) is 2.68. The number of halogens is 1. The molecule has 5 atom stereocenters. The van der Waals surface area contributed by atoms with Gasteiger partial charge in [0, 0.05) is 16.1 Å². The highest BCUT2D eigenvalue weighted by molar-refractivity contribution is 9.10. The van der Waals surface area contributed by atoms with Gasteiger partial charge in [-0.2, -0.15) is 0 Å². The number of esters is 2. The molecule has 4 rings (SSSR count). The SMILES string of the molecule is Cc1c(Br)ccc(NC(=O)COC(=O)[C@@H]2[C@@H]3C[C@@H]4[C@@H]2C(=O)O[C@@H]4C3)c1C. The molecule has 0 spiro atoms. The molecule has 1 saturated heterocycles. The van der Waals surface area contributed by atoms with Gasteiger partial charge in [-0.15, -0.1) is 0 Å². The molecule has 3 aliphatic rings. The summed E-state index contributed by atoms with van der Waals surface area (Å²) in [6, 6.07) is 3.66. The van der Waals surface area contributed by atoms with Crippen molar-refractivity contribution < 1.29 is 23.9 Å². The standard InChI is InChI=1S/C19H20BrNO5/c1-8-9(2)13(4-3-12(8)20)21-15(22)7-25-18(23)16-10-5-11-14(6-10)26-19(24)17(11)16/h3-4,10-11,14,16-17H,5-7H2,1-2H3,(H,21,22)/t10-,11+,14-,16-,17+/m1/s1. The first kappa shape index (κ1) is 17.5. The van der Waals surface area contributed by atoms with Gasteiger partial charge in [-0.05, 0) is 55.9 Å². The van der Waals surface area contributed by atoms with E-state index >= 15 is 0 Å². The normalized spacial score (nSPS) is 31.0. The lowest BCUT2D eigenvalue weighted by atomic mass is 9.80. The average molecular weight is 422 g/mol. The van der Waals surface area contributed by atoms with Crippen molar-refractivity contribution in [2.75, 3.05) is 11.9 Å². The molecule has 1 aromatic carbocycles. The van der Waals surface area contributed by atoms with Gasteiger partial charge in [0.15, 0.2) is 6.61 Å². The smallest absolute Gasteiger partial charge is 0.310 e. The van der Waals surface area contributed by atoms with E-state index in [2.05, 4.69) is 21.2 Å². The van der Waals surface area contributed by atoms with Crippen LogP contribution in [0.1, 0.15) is 24.0 Å². The minimum absolute atomic E-state index is 0.0199. The summed E-state index contributed by atoms with van der Waals surface area (Å²) in [4.78, 5) is 36.6. The Balaban J connectivity index is 1.36. The van der Waals surface area contributed by atoms with E-state index in [0.29, 0.717) is 5.69 Å². The largest absolute Gasteiger partial charge is 0.462 e. The van der Waals surface area contributed by atoms with Crippen LogP contribution in [0.25, 0.3) is 0 Å². The molecule has 2 saturated carbocycles. The van der Waals surface area contributed by atoms with E-state index in [4.69, 9.17) is 9.47 Å². The topological polar surface area (TPSA) is 81.7 Å². The summed E-state index contributed by atoms with van der Waals surface area (Å²) < 4.78 is 11.5. The van der Waals surface area contributed by atoms with Crippen molar-refractivity contribution in [1.82, 2.24) is 0 Å². The molecule has 2 bridgehead atoms. The summed E-state index contributed by atoms with van der Waals surface area (Å²) in [5.74, 6) is -1.70. The van der Waals surface area contributed by atoms with E-state index in [-0.39, 0.29) is 36.4 Å². The molecule has 6 nitrogen and oxygen atoms in total. The third kappa shape index (κ3) is 2.73. The predicted octanol–water partition coefficient (Wildman–Crippen LogP) is 2.75.